The van der Waals surface area contributed by atoms with Gasteiger partial charge in [-0.05, 0) is 19.9 Å². The molecule has 23 heavy (non-hydrogen) atoms. The Morgan fingerprint density at radius 2 is 2.22 bits per heavy atom. The summed E-state index contributed by atoms with van der Waals surface area (Å²) in [7, 11) is 1.42. The lowest BCUT2D eigenvalue weighted by Crippen LogP contribution is -2.14. The number of nitrogens with one attached hydrogen (secondary N) is 1. The molecule has 0 unspecified atom stereocenters. The number of aryl methyl sites for hydroxylation is 2. The number of hydrogen-bond donors (Lipinski definition) is 1. The van der Waals surface area contributed by atoms with Gasteiger partial charge < -0.3 is 14.5 Å². The number of thioether (sulfide) groups is 1. The SMILES string of the molecule is COc1ccc([N+](=O)[O-])cc1NC(=O)CSc1nc(C)c(C)o1. The van der Waals surface area contributed by atoms with Crippen LogP contribution in [-0.4, -0.2) is 28.7 Å². The van der Waals surface area contributed by atoms with Crippen molar-refractivity contribution in [3.8, 4) is 5.75 Å². The molecular formula is C14H15N3O5S. The first-order valence-electron chi connectivity index (χ1n) is 6.60. The van der Waals surface area contributed by atoms with Crippen molar-refractivity contribution in [1.82, 2.24) is 4.98 Å². The Kier molecular flexibility index (Phi) is 5.22. The van der Waals surface area contributed by atoms with Crippen molar-refractivity contribution in [2.75, 3.05) is 18.2 Å². The minimum absolute atomic E-state index is 0.0608. The van der Waals surface area contributed by atoms with E-state index < -0.39 is 4.92 Å². The predicted molar refractivity (Wildman–Crippen MR) is 85.0 cm³/mol. The van der Waals surface area contributed by atoms with Crippen molar-refractivity contribution in [2.45, 2.75) is 19.1 Å². The van der Waals surface area contributed by atoms with E-state index in [1.54, 1.807) is 6.92 Å². The predicted octanol–water partition coefficient (Wildman–Crippen LogP) is 2.94. The van der Waals surface area contributed by atoms with E-state index in [2.05, 4.69) is 10.3 Å². The third-order valence-electron chi connectivity index (χ3n) is 3.00. The molecular weight excluding hydrogens is 322 g/mol. The average Bonchev–Trinajstić information content (AvgIpc) is 2.83. The van der Waals surface area contributed by atoms with Crippen LogP contribution in [0.1, 0.15) is 11.5 Å². The summed E-state index contributed by atoms with van der Waals surface area (Å²) in [4.78, 5) is 26.4. The minimum atomic E-state index is -0.540. The van der Waals surface area contributed by atoms with Gasteiger partial charge in [0.05, 0.1) is 29.2 Å². The zero-order valence-corrected chi connectivity index (χ0v) is 13.6. The second-order valence-corrected chi connectivity index (χ2v) is 5.53. The molecule has 0 saturated carbocycles. The van der Waals surface area contributed by atoms with Crippen molar-refractivity contribution < 1.29 is 18.9 Å². The number of amides is 1. The molecule has 0 aliphatic heterocycles. The molecule has 0 fully saturated rings. The number of anilines is 1. The van der Waals surface area contributed by atoms with E-state index in [1.165, 1.54) is 25.3 Å². The Hall–Kier alpha value is -2.55. The van der Waals surface area contributed by atoms with E-state index in [-0.39, 0.29) is 23.0 Å². The highest BCUT2D eigenvalue weighted by atomic mass is 32.2. The topological polar surface area (TPSA) is 108 Å². The number of aromatic nitrogens is 1. The highest BCUT2D eigenvalue weighted by molar-refractivity contribution is 7.99. The van der Waals surface area contributed by atoms with Gasteiger partial charge >= 0.3 is 0 Å². The van der Waals surface area contributed by atoms with Crippen molar-refractivity contribution >= 4 is 29.0 Å². The maximum absolute atomic E-state index is 12.0. The zero-order chi connectivity index (χ0) is 17.0. The molecule has 1 heterocycles. The molecule has 2 rings (SSSR count). The van der Waals surface area contributed by atoms with Gasteiger partial charge in [-0.3, -0.25) is 14.9 Å². The summed E-state index contributed by atoms with van der Waals surface area (Å²) in [6.45, 7) is 3.61. The lowest BCUT2D eigenvalue weighted by Gasteiger charge is -2.09. The van der Waals surface area contributed by atoms with E-state index >= 15 is 0 Å². The van der Waals surface area contributed by atoms with Gasteiger partial charge in [-0.25, -0.2) is 4.98 Å². The molecule has 0 aliphatic rings. The molecule has 122 valence electrons. The summed E-state index contributed by atoms with van der Waals surface area (Å²) in [5.41, 5.74) is 0.882. The largest absolute Gasteiger partial charge is 0.495 e. The van der Waals surface area contributed by atoms with Crippen molar-refractivity contribution in [1.29, 1.82) is 0 Å². The monoisotopic (exact) mass is 337 g/mol. The summed E-state index contributed by atoms with van der Waals surface area (Å²) >= 11 is 1.14. The third kappa shape index (κ3) is 4.22. The number of rotatable bonds is 6. The lowest BCUT2D eigenvalue weighted by atomic mass is 10.2. The van der Waals surface area contributed by atoms with Crippen LogP contribution in [0.25, 0.3) is 0 Å². The molecule has 0 bridgehead atoms. The maximum Gasteiger partial charge on any atom is 0.271 e. The first-order chi connectivity index (χ1) is 10.9. The Balaban J connectivity index is 2.04. The van der Waals surface area contributed by atoms with Crippen LogP contribution in [-0.2, 0) is 4.79 Å². The van der Waals surface area contributed by atoms with Crippen molar-refractivity contribution in [3.63, 3.8) is 0 Å². The molecule has 0 radical (unpaired) electrons. The minimum Gasteiger partial charge on any atom is -0.495 e. The van der Waals surface area contributed by atoms with E-state index in [0.717, 1.165) is 17.5 Å². The van der Waals surface area contributed by atoms with E-state index in [1.807, 2.05) is 6.92 Å². The number of non-ortho nitro benzene ring substituents is 1. The maximum atomic E-state index is 12.0. The molecule has 0 aliphatic carbocycles. The van der Waals surface area contributed by atoms with Crippen molar-refractivity contribution in [3.05, 3.63) is 39.8 Å². The molecule has 1 N–H and O–H groups in total. The van der Waals surface area contributed by atoms with E-state index in [0.29, 0.717) is 16.7 Å². The fourth-order valence-electron chi connectivity index (χ4n) is 1.73. The van der Waals surface area contributed by atoms with Gasteiger partial charge in [-0.2, -0.15) is 0 Å². The number of nitro groups is 1. The number of nitro benzene ring substituents is 1. The molecule has 1 aromatic carbocycles. The van der Waals surface area contributed by atoms with Gasteiger partial charge in [0.1, 0.15) is 11.5 Å². The fourth-order valence-corrected chi connectivity index (χ4v) is 2.44. The Morgan fingerprint density at radius 3 is 2.78 bits per heavy atom. The van der Waals surface area contributed by atoms with Crippen LogP contribution in [0.5, 0.6) is 5.75 Å². The number of carbonyl (C=O) groups excluding carboxylic acids is 1. The first kappa shape index (κ1) is 16.8. The van der Waals surface area contributed by atoms with Gasteiger partial charge in [-0.1, -0.05) is 11.8 Å². The van der Waals surface area contributed by atoms with Crippen LogP contribution in [0.3, 0.4) is 0 Å². The molecule has 0 atom stereocenters. The molecule has 2 aromatic rings. The molecule has 0 saturated heterocycles. The quantitative estimate of drug-likeness (QED) is 0.490. The normalized spacial score (nSPS) is 10.4. The number of hydrogen-bond acceptors (Lipinski definition) is 7. The summed E-state index contributed by atoms with van der Waals surface area (Å²) in [6, 6.07) is 3.99. The van der Waals surface area contributed by atoms with E-state index in [4.69, 9.17) is 9.15 Å². The van der Waals surface area contributed by atoms with Crippen LogP contribution < -0.4 is 10.1 Å². The van der Waals surface area contributed by atoms with Crippen LogP contribution in [0, 0.1) is 24.0 Å². The Bertz CT molecular complexity index is 725. The van der Waals surface area contributed by atoms with Gasteiger partial charge in [0, 0.05) is 12.1 Å². The Morgan fingerprint density at radius 1 is 1.48 bits per heavy atom. The van der Waals surface area contributed by atoms with Gasteiger partial charge in [0.2, 0.25) is 5.91 Å². The fraction of sp³-hybridized carbons (Fsp3) is 0.286. The van der Waals surface area contributed by atoms with Crippen molar-refractivity contribution in [2.24, 2.45) is 0 Å². The Labute approximate surface area is 136 Å². The van der Waals surface area contributed by atoms with Gasteiger partial charge in [-0.15, -0.1) is 0 Å². The van der Waals surface area contributed by atoms with Crippen LogP contribution in [0.2, 0.25) is 0 Å². The van der Waals surface area contributed by atoms with Gasteiger partial charge in [0.25, 0.3) is 10.9 Å². The second-order valence-electron chi connectivity index (χ2n) is 4.60. The van der Waals surface area contributed by atoms with Crippen LogP contribution in [0.4, 0.5) is 11.4 Å². The third-order valence-corrected chi connectivity index (χ3v) is 3.83. The summed E-state index contributed by atoms with van der Waals surface area (Å²) in [5, 5.41) is 13.8. The summed E-state index contributed by atoms with van der Waals surface area (Å²) in [5.74, 6) is 0.762. The number of ether oxygens (including phenoxy) is 1. The van der Waals surface area contributed by atoms with E-state index in [9.17, 15) is 14.9 Å². The van der Waals surface area contributed by atoms with Gasteiger partial charge in [0.15, 0.2) is 0 Å². The molecule has 1 aromatic heterocycles. The molecule has 0 spiro atoms. The zero-order valence-electron chi connectivity index (χ0n) is 12.8. The van der Waals surface area contributed by atoms with Crippen LogP contribution >= 0.6 is 11.8 Å². The average molecular weight is 337 g/mol. The number of methoxy groups -OCH3 is 1. The number of carbonyl (C=O) groups is 1. The summed E-state index contributed by atoms with van der Waals surface area (Å²) < 4.78 is 10.5. The summed E-state index contributed by atoms with van der Waals surface area (Å²) in [6.07, 6.45) is 0. The highest BCUT2D eigenvalue weighted by Gasteiger charge is 2.15. The number of oxazole rings is 1. The lowest BCUT2D eigenvalue weighted by molar-refractivity contribution is -0.384. The molecule has 9 heteroatoms. The standard InChI is InChI=1S/C14H15N3O5S/c1-8-9(2)22-14(15-8)23-7-13(18)16-11-6-10(17(19)20)4-5-12(11)21-3/h4-6H,7H2,1-3H3,(H,16,18). The second kappa shape index (κ2) is 7.14. The first-order valence-corrected chi connectivity index (χ1v) is 7.58. The molecule has 8 nitrogen and oxygen atoms in total. The smallest absolute Gasteiger partial charge is 0.271 e. The van der Waals surface area contributed by atoms with Crippen LogP contribution in [0.15, 0.2) is 27.8 Å². The highest BCUT2D eigenvalue weighted by Crippen LogP contribution is 2.29. The molecule has 1 amide bonds. The number of nitrogens with zero attached hydrogens (tertiary/aromatic N) is 2. The number of benzene rings is 1.